The minimum absolute atomic E-state index is 0.263. The van der Waals surface area contributed by atoms with Gasteiger partial charge < -0.3 is 0 Å². The zero-order valence-corrected chi connectivity index (χ0v) is 7.15. The molecule has 66 valence electrons. The van der Waals surface area contributed by atoms with Crippen LogP contribution in [-0.2, 0) is 0 Å². The molecule has 0 N–H and O–H groups in total. The first-order valence-electron chi connectivity index (χ1n) is 3.58. The number of nitrogens with zero attached hydrogens (tertiary/aromatic N) is 1. The first-order valence-corrected chi connectivity index (χ1v) is 3.96. The van der Waals surface area contributed by atoms with Crippen molar-refractivity contribution in [3.05, 3.63) is 41.1 Å². The lowest BCUT2D eigenvalue weighted by atomic mass is 10.2. The zero-order chi connectivity index (χ0) is 9.42. The van der Waals surface area contributed by atoms with E-state index in [1.807, 2.05) is 0 Å². The van der Waals surface area contributed by atoms with Gasteiger partial charge in [0.15, 0.2) is 11.6 Å². The second kappa shape index (κ2) is 2.92. The van der Waals surface area contributed by atoms with Gasteiger partial charge in [0.2, 0.25) is 0 Å². The Bertz CT molecular complexity index is 470. The number of aromatic nitrogens is 1. The van der Waals surface area contributed by atoms with Crippen LogP contribution in [0, 0.1) is 11.6 Å². The Kier molecular flexibility index (Phi) is 1.88. The van der Waals surface area contributed by atoms with Crippen molar-refractivity contribution in [2.75, 3.05) is 0 Å². The fraction of sp³-hybridized carbons (Fsp3) is 0. The number of pyridine rings is 1. The number of fused-ring (bicyclic) bond motifs is 1. The van der Waals surface area contributed by atoms with Gasteiger partial charge in [-0.3, -0.25) is 0 Å². The molecule has 1 nitrogen and oxygen atoms in total. The molecule has 0 fully saturated rings. The van der Waals surface area contributed by atoms with E-state index in [-0.39, 0.29) is 5.15 Å². The normalized spacial score (nSPS) is 10.7. The lowest BCUT2D eigenvalue weighted by Gasteiger charge is -1.98. The van der Waals surface area contributed by atoms with E-state index in [4.69, 9.17) is 11.6 Å². The van der Waals surface area contributed by atoms with E-state index in [9.17, 15) is 8.78 Å². The maximum absolute atomic E-state index is 12.7. The molecule has 13 heavy (non-hydrogen) atoms. The quantitative estimate of drug-likeness (QED) is 0.594. The van der Waals surface area contributed by atoms with Crippen molar-refractivity contribution in [3.8, 4) is 0 Å². The summed E-state index contributed by atoms with van der Waals surface area (Å²) >= 11 is 5.58. The van der Waals surface area contributed by atoms with Crippen LogP contribution in [0.2, 0.25) is 5.15 Å². The standard InChI is InChI=1S/C9H4ClF2N/c10-9-2-1-5-3-6(11)7(12)4-8(5)13-9/h1-4H. The molecule has 2 rings (SSSR count). The molecule has 0 amide bonds. The van der Waals surface area contributed by atoms with Crippen LogP contribution < -0.4 is 0 Å². The highest BCUT2D eigenvalue weighted by Gasteiger charge is 2.04. The summed E-state index contributed by atoms with van der Waals surface area (Å²) in [4.78, 5) is 3.84. The third kappa shape index (κ3) is 1.47. The molecule has 1 aromatic heterocycles. The average molecular weight is 200 g/mol. The molecule has 1 aromatic carbocycles. The minimum atomic E-state index is -0.915. The lowest BCUT2D eigenvalue weighted by Crippen LogP contribution is -1.86. The van der Waals surface area contributed by atoms with E-state index in [1.54, 1.807) is 6.07 Å². The summed E-state index contributed by atoms with van der Waals surface area (Å²) in [5, 5.41) is 0.793. The molecule has 2 aromatic rings. The van der Waals surface area contributed by atoms with Crippen LogP contribution in [0.3, 0.4) is 0 Å². The first kappa shape index (κ1) is 8.38. The highest BCUT2D eigenvalue weighted by atomic mass is 35.5. The number of halogens is 3. The molecule has 0 aliphatic heterocycles. The Morgan fingerprint density at radius 2 is 1.77 bits per heavy atom. The topological polar surface area (TPSA) is 12.9 Å². The molecular formula is C9H4ClF2N. The first-order chi connectivity index (χ1) is 6.16. The molecule has 0 unspecified atom stereocenters. The van der Waals surface area contributed by atoms with Crippen LogP contribution in [0.15, 0.2) is 24.3 Å². The lowest BCUT2D eigenvalue weighted by molar-refractivity contribution is 0.510. The molecule has 0 saturated carbocycles. The Morgan fingerprint density at radius 1 is 1.08 bits per heavy atom. The summed E-state index contributed by atoms with van der Waals surface area (Å²) in [6.07, 6.45) is 0. The van der Waals surface area contributed by atoms with Crippen molar-refractivity contribution in [2.45, 2.75) is 0 Å². The monoisotopic (exact) mass is 199 g/mol. The van der Waals surface area contributed by atoms with Gasteiger partial charge in [-0.2, -0.15) is 0 Å². The van der Waals surface area contributed by atoms with Gasteiger partial charge in [-0.25, -0.2) is 13.8 Å². The van der Waals surface area contributed by atoms with Gasteiger partial charge in [0.25, 0.3) is 0 Å². The second-order valence-electron chi connectivity index (χ2n) is 2.59. The molecule has 0 saturated heterocycles. The van der Waals surface area contributed by atoms with E-state index in [0.29, 0.717) is 10.9 Å². The highest BCUT2D eigenvalue weighted by Crippen LogP contribution is 2.18. The molecule has 0 bridgehead atoms. The van der Waals surface area contributed by atoms with Gasteiger partial charge in [0.05, 0.1) is 5.52 Å². The Hall–Kier alpha value is -1.22. The average Bonchev–Trinajstić information content (AvgIpc) is 2.08. The SMILES string of the molecule is Fc1cc2ccc(Cl)nc2cc1F. The number of hydrogen-bond acceptors (Lipinski definition) is 1. The van der Waals surface area contributed by atoms with Crippen molar-refractivity contribution >= 4 is 22.5 Å². The molecule has 4 heteroatoms. The van der Waals surface area contributed by atoms with Crippen LogP contribution >= 0.6 is 11.6 Å². The third-order valence-electron chi connectivity index (χ3n) is 1.70. The van der Waals surface area contributed by atoms with E-state index < -0.39 is 11.6 Å². The van der Waals surface area contributed by atoms with Crippen molar-refractivity contribution in [2.24, 2.45) is 0 Å². The smallest absolute Gasteiger partial charge is 0.161 e. The van der Waals surface area contributed by atoms with Gasteiger partial charge in [-0.05, 0) is 18.2 Å². The molecule has 0 radical (unpaired) electrons. The van der Waals surface area contributed by atoms with Gasteiger partial charge >= 0.3 is 0 Å². The van der Waals surface area contributed by atoms with E-state index in [2.05, 4.69) is 4.98 Å². The van der Waals surface area contributed by atoms with Crippen LogP contribution in [-0.4, -0.2) is 4.98 Å². The molecular weight excluding hydrogens is 196 g/mol. The van der Waals surface area contributed by atoms with Crippen molar-refractivity contribution in [1.29, 1.82) is 0 Å². The van der Waals surface area contributed by atoms with Crippen molar-refractivity contribution < 1.29 is 8.78 Å². The highest BCUT2D eigenvalue weighted by molar-refractivity contribution is 6.29. The fourth-order valence-corrected chi connectivity index (χ4v) is 1.25. The van der Waals surface area contributed by atoms with Crippen molar-refractivity contribution in [1.82, 2.24) is 4.98 Å². The summed E-state index contributed by atoms with van der Waals surface area (Å²) in [6, 6.07) is 5.24. The zero-order valence-electron chi connectivity index (χ0n) is 6.39. The van der Waals surface area contributed by atoms with Crippen molar-refractivity contribution in [3.63, 3.8) is 0 Å². The van der Waals surface area contributed by atoms with E-state index in [0.717, 1.165) is 12.1 Å². The predicted molar refractivity (Wildman–Crippen MR) is 46.7 cm³/mol. The summed E-state index contributed by atoms with van der Waals surface area (Å²) in [5.41, 5.74) is 0.353. The number of benzene rings is 1. The maximum atomic E-state index is 12.7. The second-order valence-corrected chi connectivity index (χ2v) is 2.98. The summed E-state index contributed by atoms with van der Waals surface area (Å²) in [6.45, 7) is 0. The molecule has 0 aliphatic carbocycles. The van der Waals surface area contributed by atoms with Crippen LogP contribution in [0.4, 0.5) is 8.78 Å². The van der Waals surface area contributed by atoms with E-state index in [1.165, 1.54) is 6.07 Å². The van der Waals surface area contributed by atoms with Crippen LogP contribution in [0.5, 0.6) is 0 Å². The summed E-state index contributed by atoms with van der Waals surface area (Å²) < 4.78 is 25.4. The van der Waals surface area contributed by atoms with Gasteiger partial charge in [-0.15, -0.1) is 0 Å². The molecule has 0 spiro atoms. The van der Waals surface area contributed by atoms with Gasteiger partial charge in [0.1, 0.15) is 5.15 Å². The maximum Gasteiger partial charge on any atom is 0.161 e. The van der Waals surface area contributed by atoms with Gasteiger partial charge in [-0.1, -0.05) is 11.6 Å². The number of rotatable bonds is 0. The molecule has 1 heterocycles. The minimum Gasteiger partial charge on any atom is -0.236 e. The van der Waals surface area contributed by atoms with Crippen LogP contribution in [0.25, 0.3) is 10.9 Å². The molecule has 0 atom stereocenters. The number of hydrogen-bond donors (Lipinski definition) is 0. The predicted octanol–water partition coefficient (Wildman–Crippen LogP) is 3.17. The molecule has 0 aliphatic rings. The fourth-order valence-electron chi connectivity index (χ4n) is 1.09. The largest absolute Gasteiger partial charge is 0.236 e. The summed E-state index contributed by atoms with van der Waals surface area (Å²) in [5.74, 6) is -1.79. The van der Waals surface area contributed by atoms with Crippen LogP contribution in [0.1, 0.15) is 0 Å². The van der Waals surface area contributed by atoms with Gasteiger partial charge in [0, 0.05) is 11.5 Å². The summed E-state index contributed by atoms with van der Waals surface area (Å²) in [7, 11) is 0. The third-order valence-corrected chi connectivity index (χ3v) is 1.91. The Morgan fingerprint density at radius 3 is 2.54 bits per heavy atom. The Balaban J connectivity index is 2.81. The Labute approximate surface area is 78.0 Å². The van der Waals surface area contributed by atoms with E-state index >= 15 is 0 Å².